The van der Waals surface area contributed by atoms with E-state index >= 15 is 0 Å². The van der Waals surface area contributed by atoms with E-state index in [0.717, 1.165) is 33.2 Å². The molecule has 38 heavy (non-hydrogen) atoms. The van der Waals surface area contributed by atoms with Gasteiger partial charge < -0.3 is 24.4 Å². The van der Waals surface area contributed by atoms with Gasteiger partial charge in [-0.25, -0.2) is 0 Å². The number of carbonyl (C=O) groups is 1. The summed E-state index contributed by atoms with van der Waals surface area (Å²) in [4.78, 5) is 14.0. The SMILES string of the molecule is COc1cccc2c1C(=O)C[C@@H]1C[C@H](O)c3c(OC)cccc3[C@@]13c1ccc(OC)c4c(O)ccc(c14)C23. The number of hydrogen-bond acceptors (Lipinski definition) is 6. The smallest absolute Gasteiger partial charge is 0.167 e. The van der Waals surface area contributed by atoms with Crippen LogP contribution >= 0.6 is 0 Å². The van der Waals surface area contributed by atoms with Crippen LogP contribution in [0.15, 0.2) is 60.7 Å². The van der Waals surface area contributed by atoms with E-state index in [-0.39, 0.29) is 29.8 Å². The first kappa shape index (κ1) is 23.1. The summed E-state index contributed by atoms with van der Waals surface area (Å²) in [6, 6.07) is 19.4. The highest BCUT2D eigenvalue weighted by Gasteiger charge is 2.60. The summed E-state index contributed by atoms with van der Waals surface area (Å²) in [6.45, 7) is 0. The summed E-state index contributed by atoms with van der Waals surface area (Å²) in [7, 11) is 4.81. The molecule has 192 valence electrons. The fourth-order valence-corrected chi connectivity index (χ4v) is 7.85. The van der Waals surface area contributed by atoms with Crippen LogP contribution in [0, 0.1) is 5.92 Å². The second-order valence-corrected chi connectivity index (χ2v) is 10.5. The Morgan fingerprint density at radius 1 is 0.789 bits per heavy atom. The second-order valence-electron chi connectivity index (χ2n) is 10.5. The Balaban J connectivity index is 1.71. The molecule has 0 amide bonds. The molecule has 4 atom stereocenters. The van der Waals surface area contributed by atoms with Gasteiger partial charge in [0, 0.05) is 23.3 Å². The summed E-state index contributed by atoms with van der Waals surface area (Å²) in [5.74, 6) is 1.47. The van der Waals surface area contributed by atoms with Crippen LogP contribution in [0.2, 0.25) is 0 Å². The van der Waals surface area contributed by atoms with Gasteiger partial charge in [0.1, 0.15) is 23.0 Å². The van der Waals surface area contributed by atoms with E-state index in [1.165, 1.54) is 0 Å². The number of Topliss-reactive ketones (excluding diaryl/α,β-unsaturated/α-hetero) is 1. The normalized spacial score (nSPS) is 24.6. The van der Waals surface area contributed by atoms with Gasteiger partial charge in [0.2, 0.25) is 0 Å². The highest BCUT2D eigenvalue weighted by Crippen LogP contribution is 2.68. The van der Waals surface area contributed by atoms with Crippen LogP contribution < -0.4 is 14.2 Å². The second kappa shape index (κ2) is 7.98. The minimum atomic E-state index is -0.779. The monoisotopic (exact) mass is 508 g/mol. The van der Waals surface area contributed by atoms with Crippen LogP contribution in [-0.4, -0.2) is 37.3 Å². The van der Waals surface area contributed by atoms with Gasteiger partial charge in [-0.2, -0.15) is 0 Å². The lowest BCUT2D eigenvalue weighted by Crippen LogP contribution is -2.44. The molecular weight excluding hydrogens is 480 g/mol. The van der Waals surface area contributed by atoms with Crippen molar-refractivity contribution in [2.24, 2.45) is 5.92 Å². The fraction of sp³-hybridized carbons (Fsp3) is 0.281. The molecule has 3 aliphatic rings. The van der Waals surface area contributed by atoms with E-state index in [0.29, 0.717) is 34.6 Å². The largest absolute Gasteiger partial charge is 0.507 e. The zero-order valence-corrected chi connectivity index (χ0v) is 21.4. The number of rotatable bonds is 3. The Labute approximate surface area is 220 Å². The maximum absolute atomic E-state index is 14.0. The van der Waals surface area contributed by atoms with Crippen molar-refractivity contribution in [2.45, 2.75) is 30.3 Å². The number of phenols is 1. The lowest BCUT2D eigenvalue weighted by molar-refractivity contribution is 0.0787. The van der Waals surface area contributed by atoms with E-state index in [2.05, 4.69) is 12.1 Å². The van der Waals surface area contributed by atoms with E-state index in [1.54, 1.807) is 27.4 Å². The van der Waals surface area contributed by atoms with Gasteiger partial charge in [-0.3, -0.25) is 4.79 Å². The summed E-state index contributed by atoms with van der Waals surface area (Å²) in [5.41, 5.74) is 4.56. The van der Waals surface area contributed by atoms with Crippen LogP contribution in [0.4, 0.5) is 0 Å². The molecule has 7 rings (SSSR count). The maximum atomic E-state index is 14.0. The summed E-state index contributed by atoms with van der Waals surface area (Å²) in [5, 5.41) is 24.2. The first-order chi connectivity index (χ1) is 18.5. The number of hydrogen-bond donors (Lipinski definition) is 2. The molecule has 0 fully saturated rings. The Hall–Kier alpha value is -4.03. The number of carbonyl (C=O) groups excluding carboxylic acids is 1. The predicted molar refractivity (Wildman–Crippen MR) is 143 cm³/mol. The molecule has 4 aromatic carbocycles. The number of ketones is 1. The van der Waals surface area contributed by atoms with Crippen molar-refractivity contribution < 1.29 is 29.2 Å². The van der Waals surface area contributed by atoms with Crippen molar-refractivity contribution in [3.63, 3.8) is 0 Å². The molecule has 1 spiro atoms. The first-order valence-electron chi connectivity index (χ1n) is 12.9. The number of aromatic hydroxyl groups is 1. The zero-order valence-electron chi connectivity index (χ0n) is 21.4. The van der Waals surface area contributed by atoms with Crippen LogP contribution in [-0.2, 0) is 5.41 Å². The van der Waals surface area contributed by atoms with E-state index in [9.17, 15) is 15.0 Å². The number of ether oxygens (including phenoxy) is 3. The number of benzene rings is 4. The number of aliphatic hydroxyl groups excluding tert-OH is 1. The third kappa shape index (κ3) is 2.63. The average Bonchev–Trinajstić information content (AvgIpc) is 3.17. The Bertz CT molecular complexity index is 1660. The highest BCUT2D eigenvalue weighted by atomic mass is 16.5. The van der Waals surface area contributed by atoms with Gasteiger partial charge in [-0.1, -0.05) is 36.4 Å². The molecule has 0 aromatic heterocycles. The van der Waals surface area contributed by atoms with Gasteiger partial charge in [0.05, 0.1) is 38.4 Å². The van der Waals surface area contributed by atoms with Gasteiger partial charge in [0.15, 0.2) is 5.78 Å². The van der Waals surface area contributed by atoms with E-state index < -0.39 is 11.5 Å². The summed E-state index contributed by atoms with van der Waals surface area (Å²) < 4.78 is 17.2. The number of aliphatic hydroxyl groups is 1. The van der Waals surface area contributed by atoms with Gasteiger partial charge in [0.25, 0.3) is 0 Å². The molecule has 6 heteroatoms. The standard InChI is InChI=1S/C32H28O6/c1-36-24-8-4-6-17-28(24)22(34)14-16-15-23(35)29-19(7-5-9-25(29)37-2)32(16)20-11-13-26(38-3)30-21(33)12-10-18(27(20)30)31(17)32/h4-13,16,23,31,33,35H,14-15H2,1-3H3/t16-,23+,31?,32-/m1/s1. The third-order valence-electron chi connectivity index (χ3n) is 9.08. The highest BCUT2D eigenvalue weighted by molar-refractivity contribution is 6.06. The van der Waals surface area contributed by atoms with Crippen molar-refractivity contribution in [3.05, 3.63) is 94.0 Å². The van der Waals surface area contributed by atoms with Crippen molar-refractivity contribution >= 4 is 16.6 Å². The lowest BCUT2D eigenvalue weighted by atomic mass is 9.54. The minimum absolute atomic E-state index is 0.0138. The van der Waals surface area contributed by atoms with Crippen molar-refractivity contribution in [3.8, 4) is 23.0 Å². The average molecular weight is 509 g/mol. The van der Waals surface area contributed by atoms with Crippen molar-refractivity contribution in [1.82, 2.24) is 0 Å². The number of fused-ring (bicyclic) bond motifs is 4. The van der Waals surface area contributed by atoms with Gasteiger partial charge in [-0.15, -0.1) is 0 Å². The van der Waals surface area contributed by atoms with E-state index in [4.69, 9.17) is 14.2 Å². The van der Waals surface area contributed by atoms with Crippen LogP contribution in [0.5, 0.6) is 23.0 Å². The van der Waals surface area contributed by atoms with Gasteiger partial charge >= 0.3 is 0 Å². The molecule has 0 heterocycles. The quantitative estimate of drug-likeness (QED) is 0.372. The predicted octanol–water partition coefficient (Wildman–Crippen LogP) is 5.64. The molecule has 0 aliphatic heterocycles. The van der Waals surface area contributed by atoms with Crippen LogP contribution in [0.1, 0.15) is 63.0 Å². The summed E-state index contributed by atoms with van der Waals surface area (Å²) >= 11 is 0. The van der Waals surface area contributed by atoms with Crippen LogP contribution in [0.25, 0.3) is 10.8 Å². The van der Waals surface area contributed by atoms with Crippen molar-refractivity contribution in [1.29, 1.82) is 0 Å². The molecule has 2 N–H and O–H groups in total. The number of phenolic OH excluding ortho intramolecular Hbond substituents is 1. The topological polar surface area (TPSA) is 85.2 Å². The molecule has 6 nitrogen and oxygen atoms in total. The van der Waals surface area contributed by atoms with E-state index in [1.807, 2.05) is 42.5 Å². The van der Waals surface area contributed by atoms with Gasteiger partial charge in [-0.05, 0) is 64.2 Å². The molecule has 0 saturated carbocycles. The first-order valence-corrected chi connectivity index (χ1v) is 12.9. The summed E-state index contributed by atoms with van der Waals surface area (Å²) in [6.07, 6.45) is -0.121. The Morgan fingerprint density at radius 3 is 2.29 bits per heavy atom. The lowest BCUT2D eigenvalue weighted by Gasteiger charge is -2.48. The minimum Gasteiger partial charge on any atom is -0.507 e. The Kier molecular flexibility index (Phi) is 4.86. The third-order valence-corrected chi connectivity index (χ3v) is 9.08. The molecule has 0 bridgehead atoms. The van der Waals surface area contributed by atoms with Crippen molar-refractivity contribution in [2.75, 3.05) is 21.3 Å². The molecule has 0 saturated heterocycles. The fourth-order valence-electron chi connectivity index (χ4n) is 7.85. The molecule has 0 radical (unpaired) electrons. The maximum Gasteiger partial charge on any atom is 0.167 e. The van der Waals surface area contributed by atoms with Crippen LogP contribution in [0.3, 0.4) is 0 Å². The molecule has 3 aliphatic carbocycles. The molecule has 4 aromatic rings. The zero-order chi connectivity index (χ0) is 26.3. The molecule has 1 unspecified atom stereocenters. The molecular formula is C32H28O6. The Morgan fingerprint density at radius 2 is 1.53 bits per heavy atom. The number of methoxy groups -OCH3 is 3.